The molecule has 1 amide bonds. The number of amides is 1. The van der Waals surface area contributed by atoms with Gasteiger partial charge in [0.1, 0.15) is 5.60 Å². The van der Waals surface area contributed by atoms with Crippen LogP contribution in [0.2, 0.25) is 0 Å². The molecule has 3 rings (SSSR count). The van der Waals surface area contributed by atoms with Crippen molar-refractivity contribution in [1.82, 2.24) is 25.5 Å². The smallest absolute Gasteiger partial charge is 0.263 e. The average molecular weight is 335 g/mol. The van der Waals surface area contributed by atoms with Crippen LogP contribution in [0.3, 0.4) is 0 Å². The number of hydrogen-bond donors (Lipinski definition) is 2. The molecule has 23 heavy (non-hydrogen) atoms. The van der Waals surface area contributed by atoms with Crippen LogP contribution in [-0.2, 0) is 12.0 Å². The summed E-state index contributed by atoms with van der Waals surface area (Å²) in [7, 11) is 0. The summed E-state index contributed by atoms with van der Waals surface area (Å²) in [5.41, 5.74) is -1.10. The van der Waals surface area contributed by atoms with Crippen LogP contribution < -0.4 is 0 Å². The SMILES string of the molecule is CC(C)Cc1ccc(C(=O)N2CCC(O)(c3nn[nH]n3)CC2)s1. The lowest BCUT2D eigenvalue weighted by atomic mass is 9.90. The second-order valence-electron chi connectivity index (χ2n) is 6.42. The quantitative estimate of drug-likeness (QED) is 0.884. The Hall–Kier alpha value is -1.80. The number of thiophene rings is 1. The molecule has 3 heterocycles. The van der Waals surface area contributed by atoms with Gasteiger partial charge >= 0.3 is 0 Å². The molecule has 1 aliphatic heterocycles. The Bertz CT molecular complexity index is 659. The first-order chi connectivity index (χ1) is 11.0. The first-order valence-corrected chi connectivity index (χ1v) is 8.64. The third-order valence-electron chi connectivity index (χ3n) is 4.12. The first-order valence-electron chi connectivity index (χ1n) is 7.82. The Kier molecular flexibility index (Phi) is 4.45. The van der Waals surface area contributed by atoms with E-state index in [1.165, 1.54) is 4.88 Å². The summed E-state index contributed by atoms with van der Waals surface area (Å²) in [6.07, 6.45) is 1.83. The van der Waals surface area contributed by atoms with E-state index in [-0.39, 0.29) is 5.91 Å². The Morgan fingerprint density at radius 1 is 1.43 bits per heavy atom. The molecule has 0 aromatic carbocycles. The summed E-state index contributed by atoms with van der Waals surface area (Å²) in [6.45, 7) is 5.32. The lowest BCUT2D eigenvalue weighted by molar-refractivity contribution is -0.0278. The molecule has 8 heteroatoms. The van der Waals surface area contributed by atoms with E-state index in [0.717, 1.165) is 11.3 Å². The fourth-order valence-electron chi connectivity index (χ4n) is 2.82. The minimum atomic E-state index is -1.10. The molecule has 0 unspecified atom stereocenters. The maximum Gasteiger partial charge on any atom is 0.263 e. The highest BCUT2D eigenvalue weighted by atomic mass is 32.1. The summed E-state index contributed by atoms with van der Waals surface area (Å²) in [5, 5.41) is 24.2. The number of aromatic amines is 1. The van der Waals surface area contributed by atoms with Gasteiger partial charge in [-0.15, -0.1) is 21.5 Å². The molecule has 2 aromatic rings. The van der Waals surface area contributed by atoms with Gasteiger partial charge in [0.15, 0.2) is 0 Å². The summed E-state index contributed by atoms with van der Waals surface area (Å²) in [4.78, 5) is 16.4. The number of hydrogen-bond acceptors (Lipinski definition) is 6. The zero-order valence-electron chi connectivity index (χ0n) is 13.3. The molecule has 0 atom stereocenters. The van der Waals surface area contributed by atoms with Crippen molar-refractivity contribution < 1.29 is 9.90 Å². The van der Waals surface area contributed by atoms with Crippen molar-refractivity contribution in [2.45, 2.75) is 38.7 Å². The van der Waals surface area contributed by atoms with Crippen molar-refractivity contribution in [3.8, 4) is 0 Å². The number of piperidine rings is 1. The van der Waals surface area contributed by atoms with Crippen LogP contribution in [-0.4, -0.2) is 49.6 Å². The maximum absolute atomic E-state index is 12.6. The van der Waals surface area contributed by atoms with Crippen molar-refractivity contribution in [1.29, 1.82) is 0 Å². The second kappa shape index (κ2) is 6.37. The fourth-order valence-corrected chi connectivity index (χ4v) is 4.01. The number of nitrogens with one attached hydrogen (secondary N) is 1. The standard InChI is InChI=1S/C15H21N5O2S/c1-10(2)9-11-3-4-12(23-11)13(21)20-7-5-15(22,6-8-20)14-16-18-19-17-14/h3-4,10,22H,5-9H2,1-2H3,(H,16,17,18,19). The molecule has 1 aliphatic rings. The topological polar surface area (TPSA) is 95.0 Å². The van der Waals surface area contributed by atoms with Gasteiger partial charge < -0.3 is 10.0 Å². The lowest BCUT2D eigenvalue weighted by Gasteiger charge is -2.35. The third-order valence-corrected chi connectivity index (χ3v) is 5.22. The van der Waals surface area contributed by atoms with Crippen molar-refractivity contribution in [2.75, 3.05) is 13.1 Å². The number of aliphatic hydroxyl groups is 1. The predicted octanol–water partition coefficient (Wildman–Crippen LogP) is 1.58. The molecule has 2 N–H and O–H groups in total. The molecular weight excluding hydrogens is 314 g/mol. The molecule has 1 saturated heterocycles. The predicted molar refractivity (Wildman–Crippen MR) is 86.1 cm³/mol. The molecular formula is C15H21N5O2S. The molecule has 1 fully saturated rings. The zero-order valence-corrected chi connectivity index (χ0v) is 14.1. The summed E-state index contributed by atoms with van der Waals surface area (Å²) in [6, 6.07) is 3.95. The molecule has 124 valence electrons. The van der Waals surface area contributed by atoms with Crippen LogP contribution in [0.1, 0.15) is 47.1 Å². The highest BCUT2D eigenvalue weighted by Crippen LogP contribution is 2.31. The van der Waals surface area contributed by atoms with Crippen LogP contribution in [0, 0.1) is 5.92 Å². The van der Waals surface area contributed by atoms with Gasteiger partial charge in [0.25, 0.3) is 5.91 Å². The minimum Gasteiger partial charge on any atom is -0.382 e. The number of aromatic nitrogens is 4. The molecule has 0 radical (unpaired) electrons. The number of carbonyl (C=O) groups excluding carboxylic acids is 1. The van der Waals surface area contributed by atoms with Gasteiger partial charge in [-0.1, -0.05) is 19.1 Å². The van der Waals surface area contributed by atoms with Crippen LogP contribution in [0.5, 0.6) is 0 Å². The van der Waals surface area contributed by atoms with Gasteiger partial charge in [-0.3, -0.25) is 4.79 Å². The molecule has 7 nitrogen and oxygen atoms in total. The number of nitrogens with zero attached hydrogens (tertiary/aromatic N) is 4. The van der Waals surface area contributed by atoms with Crippen LogP contribution in [0.4, 0.5) is 0 Å². The number of rotatable bonds is 4. The lowest BCUT2D eigenvalue weighted by Crippen LogP contribution is -2.45. The zero-order chi connectivity index (χ0) is 16.4. The Labute approximate surface area is 138 Å². The average Bonchev–Trinajstić information content (AvgIpc) is 3.18. The second-order valence-corrected chi connectivity index (χ2v) is 7.59. The molecule has 0 bridgehead atoms. The molecule has 2 aromatic heterocycles. The highest BCUT2D eigenvalue weighted by molar-refractivity contribution is 7.14. The number of H-pyrrole nitrogens is 1. The summed E-state index contributed by atoms with van der Waals surface area (Å²) < 4.78 is 0. The van der Waals surface area contributed by atoms with Crippen LogP contribution >= 0.6 is 11.3 Å². The van der Waals surface area contributed by atoms with Gasteiger partial charge in [-0.05, 0) is 24.5 Å². The maximum atomic E-state index is 12.6. The van der Waals surface area contributed by atoms with Crippen LogP contribution in [0.15, 0.2) is 12.1 Å². The molecule has 0 spiro atoms. The van der Waals surface area contributed by atoms with Crippen molar-refractivity contribution in [3.63, 3.8) is 0 Å². The van der Waals surface area contributed by atoms with E-state index in [0.29, 0.717) is 37.7 Å². The van der Waals surface area contributed by atoms with Crippen LogP contribution in [0.25, 0.3) is 0 Å². The third kappa shape index (κ3) is 3.42. The van der Waals surface area contributed by atoms with E-state index < -0.39 is 5.60 Å². The number of carbonyl (C=O) groups is 1. The van der Waals surface area contributed by atoms with Crippen molar-refractivity contribution in [3.05, 3.63) is 27.7 Å². The van der Waals surface area contributed by atoms with Gasteiger partial charge in [0, 0.05) is 30.8 Å². The summed E-state index contributed by atoms with van der Waals surface area (Å²) >= 11 is 1.57. The van der Waals surface area contributed by atoms with Gasteiger partial charge in [-0.25, -0.2) is 0 Å². The highest BCUT2D eigenvalue weighted by Gasteiger charge is 2.39. The van der Waals surface area contributed by atoms with Gasteiger partial charge in [0.2, 0.25) is 5.82 Å². The summed E-state index contributed by atoms with van der Waals surface area (Å²) in [5.74, 6) is 0.927. The van der Waals surface area contributed by atoms with E-state index in [2.05, 4.69) is 34.5 Å². The Morgan fingerprint density at radius 2 is 2.17 bits per heavy atom. The van der Waals surface area contributed by atoms with E-state index in [9.17, 15) is 9.90 Å². The largest absolute Gasteiger partial charge is 0.382 e. The normalized spacial score (nSPS) is 17.7. The molecule has 0 saturated carbocycles. The van der Waals surface area contributed by atoms with E-state index in [1.807, 2.05) is 12.1 Å². The van der Waals surface area contributed by atoms with Crippen molar-refractivity contribution >= 4 is 17.2 Å². The number of tetrazole rings is 1. The van der Waals surface area contributed by atoms with Gasteiger partial charge in [-0.2, -0.15) is 5.21 Å². The number of likely N-dealkylation sites (tertiary alicyclic amines) is 1. The Balaban J connectivity index is 1.63. The van der Waals surface area contributed by atoms with Crippen molar-refractivity contribution in [2.24, 2.45) is 5.92 Å². The van der Waals surface area contributed by atoms with E-state index in [4.69, 9.17) is 0 Å². The fraction of sp³-hybridized carbons (Fsp3) is 0.600. The molecule has 0 aliphatic carbocycles. The first kappa shape index (κ1) is 16.1. The van der Waals surface area contributed by atoms with E-state index in [1.54, 1.807) is 16.2 Å². The van der Waals surface area contributed by atoms with Gasteiger partial charge in [0.05, 0.1) is 4.88 Å². The monoisotopic (exact) mass is 335 g/mol. The Morgan fingerprint density at radius 3 is 2.78 bits per heavy atom. The minimum absolute atomic E-state index is 0.0418. The van der Waals surface area contributed by atoms with E-state index >= 15 is 0 Å².